The molecule has 1 N–H and O–H groups in total. The standard InChI is InChI=1S/C24H26N4O3/c1-16-5-4-6-18(11-16)14-28-22(9-10-25-28)26-24(30)19-13-23(29)27(15-19)20-12-17(2)7-8-21(20)31-3/h4-12,19H,13-15H2,1-3H3,(H,26,30). The third-order valence-electron chi connectivity index (χ3n) is 5.50. The molecule has 7 nitrogen and oxygen atoms in total. The first-order valence-electron chi connectivity index (χ1n) is 10.3. The fraction of sp³-hybridized carbons (Fsp3) is 0.292. The number of aromatic nitrogens is 2. The highest BCUT2D eigenvalue weighted by Gasteiger charge is 2.36. The van der Waals surface area contributed by atoms with Gasteiger partial charge in [-0.2, -0.15) is 5.10 Å². The van der Waals surface area contributed by atoms with Crippen LogP contribution < -0.4 is 15.0 Å². The van der Waals surface area contributed by atoms with Gasteiger partial charge in [0, 0.05) is 19.0 Å². The van der Waals surface area contributed by atoms with Gasteiger partial charge in [0.2, 0.25) is 11.8 Å². The van der Waals surface area contributed by atoms with Crippen LogP contribution in [0.3, 0.4) is 0 Å². The predicted molar refractivity (Wildman–Crippen MR) is 119 cm³/mol. The van der Waals surface area contributed by atoms with Gasteiger partial charge in [0.15, 0.2) is 0 Å². The highest BCUT2D eigenvalue weighted by molar-refractivity contribution is 6.04. The van der Waals surface area contributed by atoms with Crippen molar-refractivity contribution in [1.29, 1.82) is 0 Å². The molecule has 1 saturated heterocycles. The lowest BCUT2D eigenvalue weighted by Crippen LogP contribution is -2.29. The van der Waals surface area contributed by atoms with Crippen molar-refractivity contribution < 1.29 is 14.3 Å². The predicted octanol–water partition coefficient (Wildman–Crippen LogP) is 3.55. The van der Waals surface area contributed by atoms with Crippen LogP contribution in [0, 0.1) is 19.8 Å². The molecule has 0 spiro atoms. The number of amides is 2. The largest absolute Gasteiger partial charge is 0.495 e. The molecule has 2 heterocycles. The summed E-state index contributed by atoms with van der Waals surface area (Å²) in [4.78, 5) is 27.3. The van der Waals surface area contributed by atoms with Crippen molar-refractivity contribution >= 4 is 23.3 Å². The van der Waals surface area contributed by atoms with E-state index in [-0.39, 0.29) is 18.2 Å². The minimum atomic E-state index is -0.444. The molecule has 160 valence electrons. The molecule has 0 saturated carbocycles. The van der Waals surface area contributed by atoms with Crippen LogP contribution in [-0.4, -0.2) is 35.2 Å². The van der Waals surface area contributed by atoms with Gasteiger partial charge in [-0.3, -0.25) is 9.59 Å². The Bertz CT molecular complexity index is 1120. The third-order valence-corrected chi connectivity index (χ3v) is 5.50. The molecule has 2 aromatic carbocycles. The number of nitrogens with one attached hydrogen (secondary N) is 1. The lowest BCUT2D eigenvalue weighted by Gasteiger charge is -2.20. The van der Waals surface area contributed by atoms with E-state index in [1.165, 1.54) is 5.56 Å². The number of rotatable bonds is 6. The van der Waals surface area contributed by atoms with Gasteiger partial charge in [-0.1, -0.05) is 35.9 Å². The Morgan fingerprint density at radius 1 is 1.16 bits per heavy atom. The number of methoxy groups -OCH3 is 1. The average molecular weight is 418 g/mol. The zero-order valence-electron chi connectivity index (χ0n) is 18.0. The van der Waals surface area contributed by atoms with Crippen molar-refractivity contribution in [3.8, 4) is 5.75 Å². The molecule has 4 rings (SSSR count). The van der Waals surface area contributed by atoms with Crippen LogP contribution in [0.15, 0.2) is 54.7 Å². The Morgan fingerprint density at radius 2 is 1.97 bits per heavy atom. The number of carbonyl (C=O) groups excluding carboxylic acids is 2. The molecule has 1 aromatic heterocycles. The first-order valence-corrected chi connectivity index (χ1v) is 10.3. The van der Waals surface area contributed by atoms with Crippen LogP contribution in [0.1, 0.15) is 23.1 Å². The molecule has 1 unspecified atom stereocenters. The SMILES string of the molecule is COc1ccc(C)cc1N1CC(C(=O)Nc2ccnn2Cc2cccc(C)c2)CC1=O. The van der Waals surface area contributed by atoms with E-state index in [4.69, 9.17) is 4.74 Å². The lowest BCUT2D eigenvalue weighted by atomic mass is 10.1. The Labute approximate surface area is 181 Å². The molecule has 1 aliphatic heterocycles. The maximum atomic E-state index is 13.0. The van der Waals surface area contributed by atoms with Crippen molar-refractivity contribution in [2.75, 3.05) is 23.9 Å². The number of nitrogens with zero attached hydrogens (tertiary/aromatic N) is 3. The summed E-state index contributed by atoms with van der Waals surface area (Å²) in [5.74, 6) is 0.521. The molecule has 7 heteroatoms. The number of hydrogen-bond acceptors (Lipinski definition) is 4. The Morgan fingerprint density at radius 3 is 2.74 bits per heavy atom. The summed E-state index contributed by atoms with van der Waals surface area (Å²) in [6.07, 6.45) is 1.82. The topological polar surface area (TPSA) is 76.5 Å². The van der Waals surface area contributed by atoms with E-state index in [2.05, 4.69) is 16.5 Å². The van der Waals surface area contributed by atoms with Crippen LogP contribution in [-0.2, 0) is 16.1 Å². The quantitative estimate of drug-likeness (QED) is 0.664. The Balaban J connectivity index is 1.47. The van der Waals surface area contributed by atoms with Gasteiger partial charge in [0.25, 0.3) is 0 Å². The molecule has 1 atom stereocenters. The van der Waals surface area contributed by atoms with Gasteiger partial charge < -0.3 is 15.0 Å². The van der Waals surface area contributed by atoms with Crippen molar-refractivity contribution in [3.63, 3.8) is 0 Å². The molecular formula is C24H26N4O3. The summed E-state index contributed by atoms with van der Waals surface area (Å²) in [5, 5.41) is 7.29. The molecule has 0 aliphatic carbocycles. The number of benzene rings is 2. The van der Waals surface area contributed by atoms with E-state index in [9.17, 15) is 9.59 Å². The van der Waals surface area contributed by atoms with Gasteiger partial charge in [-0.25, -0.2) is 4.68 Å². The number of anilines is 2. The first kappa shape index (κ1) is 20.7. The fourth-order valence-corrected chi connectivity index (χ4v) is 3.90. The van der Waals surface area contributed by atoms with Gasteiger partial charge >= 0.3 is 0 Å². The summed E-state index contributed by atoms with van der Waals surface area (Å²) in [6, 6.07) is 15.6. The summed E-state index contributed by atoms with van der Waals surface area (Å²) in [7, 11) is 1.58. The molecule has 0 radical (unpaired) electrons. The molecular weight excluding hydrogens is 392 g/mol. The third kappa shape index (κ3) is 4.45. The van der Waals surface area contributed by atoms with E-state index in [0.29, 0.717) is 30.3 Å². The monoisotopic (exact) mass is 418 g/mol. The fourth-order valence-electron chi connectivity index (χ4n) is 3.90. The van der Waals surface area contributed by atoms with Gasteiger partial charge in [0.05, 0.1) is 31.5 Å². The highest BCUT2D eigenvalue weighted by Crippen LogP contribution is 2.34. The van der Waals surface area contributed by atoms with Crippen molar-refractivity contribution in [1.82, 2.24) is 9.78 Å². The second-order valence-corrected chi connectivity index (χ2v) is 7.93. The van der Waals surface area contributed by atoms with E-state index < -0.39 is 5.92 Å². The van der Waals surface area contributed by atoms with Crippen LogP contribution in [0.4, 0.5) is 11.5 Å². The lowest BCUT2D eigenvalue weighted by molar-refractivity contribution is -0.122. The second-order valence-electron chi connectivity index (χ2n) is 7.93. The van der Waals surface area contributed by atoms with Gasteiger partial charge in [0.1, 0.15) is 11.6 Å². The molecule has 31 heavy (non-hydrogen) atoms. The number of ether oxygens (including phenoxy) is 1. The van der Waals surface area contributed by atoms with Crippen LogP contribution in [0.2, 0.25) is 0 Å². The molecule has 2 amide bonds. The van der Waals surface area contributed by atoms with Crippen LogP contribution >= 0.6 is 0 Å². The summed E-state index contributed by atoms with van der Waals surface area (Å²) < 4.78 is 7.17. The van der Waals surface area contributed by atoms with Crippen molar-refractivity contribution in [2.45, 2.75) is 26.8 Å². The maximum absolute atomic E-state index is 13.0. The number of carbonyl (C=O) groups is 2. The summed E-state index contributed by atoms with van der Waals surface area (Å²) >= 11 is 0. The normalized spacial score (nSPS) is 15.9. The minimum Gasteiger partial charge on any atom is -0.495 e. The minimum absolute atomic E-state index is 0.0858. The van der Waals surface area contributed by atoms with Gasteiger partial charge in [-0.05, 0) is 37.1 Å². The smallest absolute Gasteiger partial charge is 0.230 e. The molecule has 0 bridgehead atoms. The zero-order valence-corrected chi connectivity index (χ0v) is 18.0. The average Bonchev–Trinajstić information content (AvgIpc) is 3.34. The van der Waals surface area contributed by atoms with Crippen molar-refractivity contribution in [2.24, 2.45) is 5.92 Å². The Kier molecular flexibility index (Phi) is 5.75. The Hall–Kier alpha value is -3.61. The zero-order chi connectivity index (χ0) is 22.0. The maximum Gasteiger partial charge on any atom is 0.230 e. The second kappa shape index (κ2) is 8.63. The summed E-state index contributed by atoms with van der Waals surface area (Å²) in [6.45, 7) is 4.88. The molecule has 1 aliphatic rings. The van der Waals surface area contributed by atoms with E-state index in [0.717, 1.165) is 11.1 Å². The highest BCUT2D eigenvalue weighted by atomic mass is 16.5. The molecule has 3 aromatic rings. The number of hydrogen-bond donors (Lipinski definition) is 1. The van der Waals surface area contributed by atoms with E-state index >= 15 is 0 Å². The molecule has 1 fully saturated rings. The number of aryl methyl sites for hydroxylation is 2. The van der Waals surface area contributed by atoms with E-state index in [1.54, 1.807) is 29.0 Å². The van der Waals surface area contributed by atoms with Crippen molar-refractivity contribution in [3.05, 3.63) is 71.4 Å². The first-order chi connectivity index (χ1) is 14.9. The van der Waals surface area contributed by atoms with E-state index in [1.807, 2.05) is 50.2 Å². The van der Waals surface area contributed by atoms with Gasteiger partial charge in [-0.15, -0.1) is 0 Å². The van der Waals surface area contributed by atoms with Crippen LogP contribution in [0.5, 0.6) is 5.75 Å². The van der Waals surface area contributed by atoms with Crippen LogP contribution in [0.25, 0.3) is 0 Å². The summed E-state index contributed by atoms with van der Waals surface area (Å²) in [5.41, 5.74) is 4.00.